The summed E-state index contributed by atoms with van der Waals surface area (Å²) >= 11 is 6.66. The molecule has 32 heavy (non-hydrogen) atoms. The molecule has 3 atom stereocenters. The number of amides is 1. The lowest BCUT2D eigenvalue weighted by Crippen LogP contribution is -2.41. The van der Waals surface area contributed by atoms with E-state index in [0.717, 1.165) is 11.1 Å². The SMILES string of the molecule is CNC[C@@]1(c2ccccc2)Cc2c(ccc(Cl)c2C2=C(C(=O)NC)C=C[C@H](OC)C2F)O1. The summed E-state index contributed by atoms with van der Waals surface area (Å²) in [4.78, 5) is 12.6. The number of likely N-dealkylation sites (N-methyl/N-ethyl adjacent to an activating group) is 2. The number of methoxy groups -OCH3 is 1. The maximum atomic E-state index is 15.7. The molecular formula is C25H26ClFN2O3. The van der Waals surface area contributed by atoms with Crippen molar-refractivity contribution in [3.05, 3.63) is 81.9 Å². The largest absolute Gasteiger partial charge is 0.481 e. The molecule has 1 aliphatic carbocycles. The first-order valence-electron chi connectivity index (χ1n) is 10.5. The fourth-order valence-electron chi connectivity index (χ4n) is 4.58. The predicted molar refractivity (Wildman–Crippen MR) is 124 cm³/mol. The molecule has 0 bridgehead atoms. The highest BCUT2D eigenvalue weighted by atomic mass is 35.5. The van der Waals surface area contributed by atoms with E-state index in [1.807, 2.05) is 37.4 Å². The number of benzene rings is 2. The molecule has 2 aromatic rings. The minimum absolute atomic E-state index is 0.220. The summed E-state index contributed by atoms with van der Waals surface area (Å²) in [5.74, 6) is 0.244. The Kier molecular flexibility index (Phi) is 6.38. The standard InChI is InChI=1S/C25H26ClFN2O3/c1-28-14-25(15-7-5-4-6-8-15)13-17-19(32-25)12-10-18(26)21(17)22-16(24(30)29-2)9-11-20(31-3)23(22)27/h4-12,20,23,28H,13-14H2,1-3H3,(H,29,30)/t20-,23?,25+/m0/s1. The van der Waals surface area contributed by atoms with Crippen molar-refractivity contribution in [3.63, 3.8) is 0 Å². The van der Waals surface area contributed by atoms with E-state index < -0.39 is 17.9 Å². The quantitative estimate of drug-likeness (QED) is 0.694. The van der Waals surface area contributed by atoms with Crippen molar-refractivity contribution in [1.29, 1.82) is 0 Å². The average Bonchev–Trinajstić information content (AvgIpc) is 3.19. The Morgan fingerprint density at radius 2 is 2.00 bits per heavy atom. The van der Waals surface area contributed by atoms with Crippen LogP contribution in [0.15, 0.2) is 60.2 Å². The summed E-state index contributed by atoms with van der Waals surface area (Å²) in [5, 5.41) is 6.18. The Morgan fingerprint density at radius 1 is 1.25 bits per heavy atom. The zero-order valence-corrected chi connectivity index (χ0v) is 19.0. The number of carbonyl (C=O) groups excluding carboxylic acids is 1. The van der Waals surface area contributed by atoms with Crippen molar-refractivity contribution in [2.24, 2.45) is 0 Å². The molecule has 168 valence electrons. The first-order valence-corrected chi connectivity index (χ1v) is 10.9. The molecule has 2 aromatic carbocycles. The van der Waals surface area contributed by atoms with Crippen molar-refractivity contribution in [3.8, 4) is 5.75 Å². The lowest BCUT2D eigenvalue weighted by atomic mass is 9.82. The Morgan fingerprint density at radius 3 is 2.66 bits per heavy atom. The van der Waals surface area contributed by atoms with Crippen LogP contribution in [0.1, 0.15) is 16.7 Å². The average molecular weight is 457 g/mol. The second-order valence-corrected chi connectivity index (χ2v) is 8.34. The number of rotatable bonds is 6. The molecule has 0 radical (unpaired) electrons. The summed E-state index contributed by atoms with van der Waals surface area (Å²) in [7, 11) is 4.82. The van der Waals surface area contributed by atoms with Crippen molar-refractivity contribution in [2.75, 3.05) is 27.7 Å². The van der Waals surface area contributed by atoms with E-state index in [-0.39, 0.29) is 17.1 Å². The Hall–Kier alpha value is -2.67. The van der Waals surface area contributed by atoms with Crippen LogP contribution in [-0.4, -0.2) is 45.9 Å². The van der Waals surface area contributed by atoms with Gasteiger partial charge in [0.2, 0.25) is 0 Å². The van der Waals surface area contributed by atoms with E-state index in [9.17, 15) is 4.79 Å². The molecule has 2 aliphatic rings. The van der Waals surface area contributed by atoms with E-state index in [1.165, 1.54) is 14.2 Å². The van der Waals surface area contributed by atoms with Gasteiger partial charge < -0.3 is 20.1 Å². The lowest BCUT2D eigenvalue weighted by molar-refractivity contribution is -0.116. The van der Waals surface area contributed by atoms with Gasteiger partial charge in [-0.1, -0.05) is 54.1 Å². The summed E-state index contributed by atoms with van der Waals surface area (Å²) in [6.07, 6.45) is 1.26. The molecule has 0 saturated carbocycles. The van der Waals surface area contributed by atoms with Gasteiger partial charge in [0.1, 0.15) is 11.9 Å². The van der Waals surface area contributed by atoms with Gasteiger partial charge in [0, 0.05) is 54.4 Å². The zero-order valence-electron chi connectivity index (χ0n) is 18.2. The second-order valence-electron chi connectivity index (χ2n) is 7.94. The smallest absolute Gasteiger partial charge is 0.251 e. The number of alkyl halides is 1. The third-order valence-electron chi connectivity index (χ3n) is 6.07. The van der Waals surface area contributed by atoms with Gasteiger partial charge in [-0.05, 0) is 24.7 Å². The van der Waals surface area contributed by atoms with Crippen LogP contribution < -0.4 is 15.4 Å². The van der Waals surface area contributed by atoms with Crippen molar-refractivity contribution in [2.45, 2.75) is 24.3 Å². The van der Waals surface area contributed by atoms with E-state index in [0.29, 0.717) is 29.3 Å². The van der Waals surface area contributed by atoms with E-state index >= 15 is 4.39 Å². The van der Waals surface area contributed by atoms with Crippen LogP contribution in [0.5, 0.6) is 5.75 Å². The fourth-order valence-corrected chi connectivity index (χ4v) is 4.86. The summed E-state index contributed by atoms with van der Waals surface area (Å²) in [5.41, 5.74) is 2.05. The summed E-state index contributed by atoms with van der Waals surface area (Å²) < 4.78 is 27.5. The van der Waals surface area contributed by atoms with E-state index in [2.05, 4.69) is 10.6 Å². The molecule has 7 heteroatoms. The van der Waals surface area contributed by atoms with Gasteiger partial charge in [-0.15, -0.1) is 0 Å². The zero-order chi connectivity index (χ0) is 22.9. The van der Waals surface area contributed by atoms with Gasteiger partial charge in [-0.3, -0.25) is 4.79 Å². The topological polar surface area (TPSA) is 59.6 Å². The molecule has 0 aromatic heterocycles. The Labute approximate surface area is 192 Å². The van der Waals surface area contributed by atoms with Crippen LogP contribution in [0, 0.1) is 0 Å². The van der Waals surface area contributed by atoms with Gasteiger partial charge in [0.25, 0.3) is 5.91 Å². The van der Waals surface area contributed by atoms with E-state index in [1.54, 1.807) is 24.3 Å². The number of nitrogens with one attached hydrogen (secondary N) is 2. The number of ether oxygens (including phenoxy) is 2. The van der Waals surface area contributed by atoms with Crippen molar-refractivity contribution in [1.82, 2.24) is 10.6 Å². The van der Waals surface area contributed by atoms with Crippen LogP contribution in [0.2, 0.25) is 5.02 Å². The van der Waals surface area contributed by atoms with Crippen molar-refractivity contribution < 1.29 is 18.7 Å². The first-order chi connectivity index (χ1) is 15.5. The van der Waals surface area contributed by atoms with E-state index in [4.69, 9.17) is 21.1 Å². The number of carbonyl (C=O) groups is 1. The molecule has 1 unspecified atom stereocenters. The Bertz CT molecular complexity index is 1090. The van der Waals surface area contributed by atoms with Crippen molar-refractivity contribution >= 4 is 23.1 Å². The van der Waals surface area contributed by atoms with Crippen LogP contribution in [0.3, 0.4) is 0 Å². The normalized spacial score (nSPS) is 24.3. The molecule has 1 heterocycles. The lowest BCUT2D eigenvalue weighted by Gasteiger charge is -2.29. The van der Waals surface area contributed by atoms with Gasteiger partial charge in [-0.25, -0.2) is 4.39 Å². The third kappa shape index (κ3) is 3.72. The summed E-state index contributed by atoms with van der Waals surface area (Å²) in [6, 6.07) is 13.4. The second kappa shape index (κ2) is 9.06. The van der Waals surface area contributed by atoms with Gasteiger partial charge >= 0.3 is 0 Å². The number of hydrogen-bond acceptors (Lipinski definition) is 4. The van der Waals surface area contributed by atoms with Crippen LogP contribution >= 0.6 is 11.6 Å². The molecule has 1 aliphatic heterocycles. The highest BCUT2D eigenvalue weighted by Crippen LogP contribution is 2.48. The maximum absolute atomic E-state index is 15.7. The van der Waals surface area contributed by atoms with Gasteiger partial charge in [0.05, 0.1) is 0 Å². The van der Waals surface area contributed by atoms with Gasteiger partial charge in [-0.2, -0.15) is 0 Å². The number of hydrogen-bond donors (Lipinski definition) is 2. The molecule has 4 rings (SSSR count). The van der Waals surface area contributed by atoms with Gasteiger partial charge in [0.15, 0.2) is 11.8 Å². The van der Waals surface area contributed by atoms with Crippen LogP contribution in [-0.2, 0) is 21.6 Å². The number of halogens is 2. The first kappa shape index (κ1) is 22.5. The number of fused-ring (bicyclic) bond motifs is 1. The molecule has 1 amide bonds. The minimum atomic E-state index is -1.56. The maximum Gasteiger partial charge on any atom is 0.251 e. The predicted octanol–water partition coefficient (Wildman–Crippen LogP) is 3.81. The minimum Gasteiger partial charge on any atom is -0.481 e. The molecule has 0 spiro atoms. The highest BCUT2D eigenvalue weighted by Gasteiger charge is 2.44. The molecule has 2 N–H and O–H groups in total. The molecule has 5 nitrogen and oxygen atoms in total. The summed E-state index contributed by atoms with van der Waals surface area (Å²) in [6.45, 7) is 0.545. The fraction of sp³-hybridized carbons (Fsp3) is 0.320. The molecule has 0 fully saturated rings. The monoisotopic (exact) mass is 456 g/mol. The van der Waals surface area contributed by atoms with Crippen LogP contribution in [0.4, 0.5) is 4.39 Å². The van der Waals surface area contributed by atoms with Crippen LogP contribution in [0.25, 0.3) is 5.57 Å². The Balaban J connectivity index is 1.91. The molecular weight excluding hydrogens is 431 g/mol. The third-order valence-corrected chi connectivity index (χ3v) is 6.38. The molecule has 0 saturated heterocycles. The highest BCUT2D eigenvalue weighted by molar-refractivity contribution is 6.33.